The van der Waals surface area contributed by atoms with Crippen LogP contribution in [0.1, 0.15) is 29.7 Å². The van der Waals surface area contributed by atoms with Crippen LogP contribution in [0.2, 0.25) is 9.36 Å². The zero-order valence-corrected chi connectivity index (χ0v) is 20.0. The van der Waals surface area contributed by atoms with E-state index in [1.807, 2.05) is 6.08 Å². The maximum absolute atomic E-state index is 12.9. The van der Waals surface area contributed by atoms with Gasteiger partial charge >= 0.3 is 12.2 Å². The molecule has 33 heavy (non-hydrogen) atoms. The van der Waals surface area contributed by atoms with Crippen LogP contribution in [0, 0.1) is 0 Å². The summed E-state index contributed by atoms with van der Waals surface area (Å²) < 4.78 is 44.2. The lowest BCUT2D eigenvalue weighted by Gasteiger charge is -2.18. The summed E-state index contributed by atoms with van der Waals surface area (Å²) in [6.07, 6.45) is 1.81. The van der Waals surface area contributed by atoms with E-state index in [1.165, 1.54) is 23.5 Å². The summed E-state index contributed by atoms with van der Waals surface area (Å²) in [5, 5.41) is 7.60. The minimum Gasteiger partial charge on any atom is -0.334 e. The number of thiophene rings is 1. The van der Waals surface area contributed by atoms with E-state index in [9.17, 15) is 18.0 Å². The van der Waals surface area contributed by atoms with Crippen molar-refractivity contribution in [1.29, 1.82) is 0 Å². The third kappa shape index (κ3) is 5.68. The maximum atomic E-state index is 12.9. The van der Waals surface area contributed by atoms with E-state index in [0.717, 1.165) is 64.4 Å². The first-order valence-electron chi connectivity index (χ1n) is 9.82. The quantitative estimate of drug-likeness (QED) is 0.348. The summed E-state index contributed by atoms with van der Waals surface area (Å²) in [6, 6.07) is 6.22. The maximum Gasteiger partial charge on any atom is 0.416 e. The highest BCUT2D eigenvalue weighted by Gasteiger charge is 2.30. The normalized spacial score (nSPS) is 14.9. The molecule has 0 saturated heterocycles. The Morgan fingerprint density at radius 1 is 1.24 bits per heavy atom. The van der Waals surface area contributed by atoms with Gasteiger partial charge in [0.15, 0.2) is 0 Å². The molecule has 0 fully saturated rings. The van der Waals surface area contributed by atoms with Gasteiger partial charge in [0.1, 0.15) is 4.34 Å². The molecule has 2 N–H and O–H groups in total. The summed E-state index contributed by atoms with van der Waals surface area (Å²) in [7, 11) is 0. The number of benzene rings is 1. The van der Waals surface area contributed by atoms with Gasteiger partial charge in [-0.15, -0.1) is 11.3 Å². The summed E-state index contributed by atoms with van der Waals surface area (Å²) in [5.74, 6) is 0. The average molecular weight is 533 g/mol. The third-order valence-corrected chi connectivity index (χ3v) is 7.73. The number of fused-ring (bicyclic) bond motifs is 1. The number of allylic oxidation sites excluding steroid dienone is 1. The summed E-state index contributed by atoms with van der Waals surface area (Å²) in [4.78, 5) is 12.1. The fraction of sp³-hybridized carbons (Fsp3) is 0.238. The van der Waals surface area contributed by atoms with Crippen molar-refractivity contribution in [3.05, 3.63) is 68.8 Å². The van der Waals surface area contributed by atoms with E-state index < -0.39 is 11.7 Å². The van der Waals surface area contributed by atoms with Crippen molar-refractivity contribution in [2.24, 2.45) is 0 Å². The number of nitrogens with zero attached hydrogens (tertiary/aromatic N) is 2. The van der Waals surface area contributed by atoms with Gasteiger partial charge in [-0.3, -0.25) is 4.72 Å². The number of rotatable bonds is 5. The van der Waals surface area contributed by atoms with Crippen molar-refractivity contribution in [3.8, 4) is 5.69 Å². The van der Waals surface area contributed by atoms with E-state index in [4.69, 9.17) is 23.2 Å². The molecule has 0 unspecified atom stereocenters. The highest BCUT2D eigenvalue weighted by atomic mass is 35.5. The smallest absolute Gasteiger partial charge is 0.334 e. The van der Waals surface area contributed by atoms with Crippen molar-refractivity contribution in [3.63, 3.8) is 0 Å². The van der Waals surface area contributed by atoms with Gasteiger partial charge in [0.05, 0.1) is 32.4 Å². The number of carbonyl (C=O) groups excluding carboxylic acids is 1. The number of nitrogens with one attached hydrogen (secondary N) is 2. The predicted molar refractivity (Wildman–Crippen MR) is 126 cm³/mol. The lowest BCUT2D eigenvalue weighted by molar-refractivity contribution is -0.137. The topological polar surface area (TPSA) is 59.0 Å². The van der Waals surface area contributed by atoms with Crippen molar-refractivity contribution in [2.45, 2.75) is 29.6 Å². The molecule has 2 heterocycles. The molecule has 12 heteroatoms. The Kier molecular flexibility index (Phi) is 7.28. The van der Waals surface area contributed by atoms with Gasteiger partial charge in [-0.2, -0.15) is 18.3 Å². The van der Waals surface area contributed by atoms with Crippen molar-refractivity contribution < 1.29 is 18.0 Å². The number of carbonyl (C=O) groups is 1. The summed E-state index contributed by atoms with van der Waals surface area (Å²) >= 11 is 14.2. The van der Waals surface area contributed by atoms with Gasteiger partial charge in [0, 0.05) is 6.54 Å². The molecule has 0 bridgehead atoms. The number of amides is 2. The molecule has 4 rings (SSSR count). The number of aryl methyl sites for hydroxylation is 1. The van der Waals surface area contributed by atoms with E-state index in [1.54, 1.807) is 16.9 Å². The van der Waals surface area contributed by atoms with Crippen LogP contribution in [-0.4, -0.2) is 22.4 Å². The second-order valence-corrected chi connectivity index (χ2v) is 10.3. The molecule has 1 aliphatic carbocycles. The Morgan fingerprint density at radius 3 is 2.67 bits per heavy atom. The third-order valence-electron chi connectivity index (χ3n) is 4.96. The van der Waals surface area contributed by atoms with Crippen molar-refractivity contribution in [2.75, 3.05) is 6.54 Å². The monoisotopic (exact) mass is 532 g/mol. The SMILES string of the molecule is O=C(NC/C=C1\CCCc2cnn(-c3ccc(C(F)(F)F)cc3)c21)NSc1cc(Cl)c(Cl)s1. The molecule has 2 aromatic heterocycles. The van der Waals surface area contributed by atoms with Crippen LogP contribution in [0.25, 0.3) is 11.3 Å². The average Bonchev–Trinajstić information content (AvgIpc) is 3.35. The van der Waals surface area contributed by atoms with Crippen LogP contribution in [0.15, 0.2) is 46.8 Å². The summed E-state index contributed by atoms with van der Waals surface area (Å²) in [5.41, 5.74) is 2.72. The van der Waals surface area contributed by atoms with E-state index in [-0.39, 0.29) is 12.6 Å². The summed E-state index contributed by atoms with van der Waals surface area (Å²) in [6.45, 7) is 0.283. The first-order valence-corrected chi connectivity index (χ1v) is 12.2. The number of halogens is 5. The van der Waals surface area contributed by atoms with Gasteiger partial charge in [0.2, 0.25) is 0 Å². The first-order chi connectivity index (χ1) is 15.7. The Labute approximate surface area is 206 Å². The number of aromatic nitrogens is 2. The molecule has 0 atom stereocenters. The molecule has 5 nitrogen and oxygen atoms in total. The zero-order valence-electron chi connectivity index (χ0n) is 16.9. The minimum absolute atomic E-state index is 0.283. The molecule has 0 radical (unpaired) electrons. The molecule has 0 saturated carbocycles. The van der Waals surface area contributed by atoms with Crippen LogP contribution < -0.4 is 10.0 Å². The Morgan fingerprint density at radius 2 is 2.00 bits per heavy atom. The molecule has 1 aliphatic rings. The fourth-order valence-corrected chi connectivity index (χ4v) is 5.75. The highest BCUT2D eigenvalue weighted by Crippen LogP contribution is 2.36. The Balaban J connectivity index is 1.43. The molecule has 2 amide bonds. The fourth-order valence-electron chi connectivity index (χ4n) is 3.46. The minimum atomic E-state index is -4.39. The van der Waals surface area contributed by atoms with E-state index in [0.29, 0.717) is 15.0 Å². The van der Waals surface area contributed by atoms with Crippen LogP contribution in [0.4, 0.5) is 18.0 Å². The number of alkyl halides is 3. The number of hydrogen-bond acceptors (Lipinski definition) is 4. The van der Waals surface area contributed by atoms with Gasteiger partial charge in [-0.1, -0.05) is 29.3 Å². The van der Waals surface area contributed by atoms with E-state index >= 15 is 0 Å². The van der Waals surface area contributed by atoms with Crippen LogP contribution >= 0.6 is 46.5 Å². The van der Waals surface area contributed by atoms with Crippen LogP contribution in [-0.2, 0) is 12.6 Å². The molecule has 174 valence electrons. The van der Waals surface area contributed by atoms with Crippen molar-refractivity contribution >= 4 is 58.1 Å². The van der Waals surface area contributed by atoms with Gasteiger partial charge in [0.25, 0.3) is 0 Å². The number of urea groups is 1. The lowest BCUT2D eigenvalue weighted by Crippen LogP contribution is -2.31. The van der Waals surface area contributed by atoms with Gasteiger partial charge < -0.3 is 5.32 Å². The molecular weight excluding hydrogens is 516 g/mol. The first kappa shape index (κ1) is 24.0. The highest BCUT2D eigenvalue weighted by molar-refractivity contribution is 7.99. The molecule has 0 spiro atoms. The second-order valence-electron chi connectivity index (χ2n) is 7.16. The lowest BCUT2D eigenvalue weighted by atomic mass is 9.92. The molecule has 3 aromatic rings. The van der Waals surface area contributed by atoms with Crippen LogP contribution in [0.5, 0.6) is 0 Å². The Hall–Kier alpha value is -2.14. The zero-order chi connectivity index (χ0) is 23.6. The molecule has 1 aromatic carbocycles. The van der Waals surface area contributed by atoms with Gasteiger partial charge in [-0.25, -0.2) is 9.48 Å². The molecule has 0 aliphatic heterocycles. The molecular formula is C21H17Cl2F3N4OS2. The van der Waals surface area contributed by atoms with Gasteiger partial charge in [-0.05, 0) is 72.7 Å². The van der Waals surface area contributed by atoms with Crippen molar-refractivity contribution in [1.82, 2.24) is 19.8 Å². The number of hydrogen-bond donors (Lipinski definition) is 2. The predicted octanol–water partition coefficient (Wildman–Crippen LogP) is 6.99. The second kappa shape index (κ2) is 10.0. The largest absolute Gasteiger partial charge is 0.416 e. The van der Waals surface area contributed by atoms with Crippen LogP contribution in [0.3, 0.4) is 0 Å². The standard InChI is InChI=1S/C21H17Cl2F3N4OS2/c22-16-10-17(32-19(16)23)33-29-20(31)27-9-8-12-2-1-3-13-11-28-30(18(12)13)15-6-4-14(5-7-15)21(24,25)26/h4-8,10-11H,1-3,9H2,(H2,27,29,31)/b12-8+. The van der Waals surface area contributed by atoms with E-state index in [2.05, 4.69) is 15.1 Å². The Bertz CT molecular complexity index is 1170.